The highest BCUT2D eigenvalue weighted by Gasteiger charge is 2.37. The first-order valence-electron chi connectivity index (χ1n) is 11.7. The zero-order chi connectivity index (χ0) is 26.6. The van der Waals surface area contributed by atoms with Gasteiger partial charge in [-0.05, 0) is 31.0 Å². The van der Waals surface area contributed by atoms with Crippen LogP contribution in [0.1, 0.15) is 36.5 Å². The molecule has 0 saturated carbocycles. The van der Waals surface area contributed by atoms with E-state index in [0.717, 1.165) is 17.0 Å². The Bertz CT molecular complexity index is 1050. The topological polar surface area (TPSA) is 128 Å². The monoisotopic (exact) mass is 505 g/mol. The van der Waals surface area contributed by atoms with Crippen LogP contribution in [0.3, 0.4) is 0 Å². The van der Waals surface area contributed by atoms with E-state index >= 15 is 0 Å². The summed E-state index contributed by atoms with van der Waals surface area (Å²) in [6.45, 7) is 1.42. The van der Waals surface area contributed by atoms with Crippen LogP contribution >= 0.6 is 0 Å². The molecule has 0 radical (unpaired) electrons. The van der Waals surface area contributed by atoms with E-state index in [0.29, 0.717) is 6.42 Å². The van der Waals surface area contributed by atoms with Crippen LogP contribution in [0.25, 0.3) is 0 Å². The molecule has 2 N–H and O–H groups in total. The molecule has 0 aromatic heterocycles. The lowest BCUT2D eigenvalue weighted by atomic mass is 10.1. The summed E-state index contributed by atoms with van der Waals surface area (Å²) in [5.74, 6) is -2.61. The predicted octanol–water partition coefficient (Wildman–Crippen LogP) is -0.251. The molecular formula is C24H32FN5O6. The normalized spacial score (nSPS) is 23.8. The number of rotatable bonds is 2. The Morgan fingerprint density at radius 3 is 2.53 bits per heavy atom. The number of nitrogens with one attached hydrogen (secondary N) is 2. The fraction of sp³-hybridized carbons (Fsp3) is 0.542. The van der Waals surface area contributed by atoms with Gasteiger partial charge in [0.05, 0.1) is 18.2 Å². The zero-order valence-corrected chi connectivity index (χ0v) is 20.9. The SMILES string of the molecule is CNC(=O)[C@@H]1CCC(=O)N(C)CC(=O)N2C[C@@H](NC(C)=O)C[C@H]2COc2ccc(F)cc2C(=O)N1C. The maximum atomic E-state index is 14.1. The van der Waals surface area contributed by atoms with Gasteiger partial charge in [-0.2, -0.15) is 0 Å². The van der Waals surface area contributed by atoms with Crippen LogP contribution in [0.5, 0.6) is 5.75 Å². The van der Waals surface area contributed by atoms with E-state index in [-0.39, 0.29) is 67.6 Å². The summed E-state index contributed by atoms with van der Waals surface area (Å²) in [7, 11) is 4.32. The number of carbonyl (C=O) groups excluding carboxylic acids is 5. The third-order valence-electron chi connectivity index (χ3n) is 6.51. The van der Waals surface area contributed by atoms with Crippen molar-refractivity contribution in [1.82, 2.24) is 25.3 Å². The van der Waals surface area contributed by atoms with Crippen LogP contribution in [-0.4, -0.2) is 103 Å². The van der Waals surface area contributed by atoms with Crippen LogP contribution in [0.15, 0.2) is 18.2 Å². The molecule has 0 bridgehead atoms. The van der Waals surface area contributed by atoms with E-state index in [9.17, 15) is 28.4 Å². The second kappa shape index (κ2) is 11.4. The molecular weight excluding hydrogens is 473 g/mol. The maximum absolute atomic E-state index is 14.1. The standard InChI is InChI=1S/C24H32FN5O6/c1-14(31)27-16-10-17-13-36-20-7-5-15(25)9-18(20)24(35)29(4)19(23(34)26-2)6-8-21(32)28(3)12-22(33)30(17)11-16/h5,7,9,16-17,19H,6,8,10-13H2,1-4H3,(H,26,34)(H,27,31)/t16-,17-,19-/m0/s1. The number of hydrogen-bond acceptors (Lipinski definition) is 6. The highest BCUT2D eigenvalue weighted by molar-refractivity contribution is 5.99. The van der Waals surface area contributed by atoms with Crippen molar-refractivity contribution in [3.05, 3.63) is 29.6 Å². The number of carbonyl (C=O) groups is 5. The summed E-state index contributed by atoms with van der Waals surface area (Å²) in [6, 6.07) is 1.76. The number of hydrogen-bond donors (Lipinski definition) is 2. The first kappa shape index (κ1) is 26.9. The van der Waals surface area contributed by atoms with Gasteiger partial charge < -0.3 is 30.1 Å². The molecule has 2 aliphatic heterocycles. The minimum absolute atomic E-state index is 0.00171. The van der Waals surface area contributed by atoms with Crippen LogP contribution in [0, 0.1) is 5.82 Å². The Morgan fingerprint density at radius 2 is 1.86 bits per heavy atom. The Hall–Kier alpha value is -3.70. The van der Waals surface area contributed by atoms with Gasteiger partial charge in [-0.3, -0.25) is 24.0 Å². The second-order valence-corrected chi connectivity index (χ2v) is 9.12. The van der Waals surface area contributed by atoms with Gasteiger partial charge in [-0.25, -0.2) is 4.39 Å². The van der Waals surface area contributed by atoms with Crippen LogP contribution < -0.4 is 15.4 Å². The number of likely N-dealkylation sites (N-methyl/N-ethyl adjacent to an activating group) is 3. The van der Waals surface area contributed by atoms with Crippen molar-refractivity contribution in [2.75, 3.05) is 40.8 Å². The van der Waals surface area contributed by atoms with Crippen LogP contribution in [0.2, 0.25) is 0 Å². The lowest BCUT2D eigenvalue weighted by Crippen LogP contribution is -2.48. The molecule has 11 nitrogen and oxygen atoms in total. The highest BCUT2D eigenvalue weighted by atomic mass is 19.1. The van der Waals surface area contributed by atoms with E-state index in [2.05, 4.69) is 10.6 Å². The number of amides is 5. The molecule has 1 aromatic rings. The van der Waals surface area contributed by atoms with E-state index in [1.807, 2.05) is 0 Å². The molecule has 5 amide bonds. The van der Waals surface area contributed by atoms with Gasteiger partial charge >= 0.3 is 0 Å². The summed E-state index contributed by atoms with van der Waals surface area (Å²) >= 11 is 0. The van der Waals surface area contributed by atoms with Gasteiger partial charge in [0.1, 0.15) is 24.2 Å². The molecule has 3 atom stereocenters. The number of nitrogens with zero attached hydrogens (tertiary/aromatic N) is 3. The molecule has 36 heavy (non-hydrogen) atoms. The smallest absolute Gasteiger partial charge is 0.258 e. The molecule has 2 aliphatic rings. The molecule has 3 rings (SSSR count). The molecule has 196 valence electrons. The first-order valence-corrected chi connectivity index (χ1v) is 11.7. The summed E-state index contributed by atoms with van der Waals surface area (Å²) in [4.78, 5) is 67.4. The Kier molecular flexibility index (Phi) is 8.49. The van der Waals surface area contributed by atoms with Crippen molar-refractivity contribution in [3.63, 3.8) is 0 Å². The zero-order valence-electron chi connectivity index (χ0n) is 20.9. The minimum Gasteiger partial charge on any atom is -0.491 e. The van der Waals surface area contributed by atoms with Gasteiger partial charge in [0.15, 0.2) is 0 Å². The first-order chi connectivity index (χ1) is 17.0. The van der Waals surface area contributed by atoms with Crippen molar-refractivity contribution in [2.45, 2.75) is 44.3 Å². The van der Waals surface area contributed by atoms with Gasteiger partial charge in [0.25, 0.3) is 5.91 Å². The Morgan fingerprint density at radius 1 is 1.14 bits per heavy atom. The summed E-state index contributed by atoms with van der Waals surface area (Å²) in [5.41, 5.74) is -0.0843. The highest BCUT2D eigenvalue weighted by Crippen LogP contribution is 2.26. The number of benzene rings is 1. The van der Waals surface area contributed by atoms with Crippen molar-refractivity contribution >= 4 is 29.5 Å². The van der Waals surface area contributed by atoms with Gasteiger partial charge in [-0.15, -0.1) is 0 Å². The van der Waals surface area contributed by atoms with Gasteiger partial charge in [0.2, 0.25) is 23.6 Å². The van der Waals surface area contributed by atoms with E-state index in [1.54, 1.807) is 4.90 Å². The lowest BCUT2D eigenvalue weighted by Gasteiger charge is -2.28. The number of ether oxygens (including phenoxy) is 1. The molecule has 12 heteroatoms. The average molecular weight is 506 g/mol. The van der Waals surface area contributed by atoms with E-state index in [1.165, 1.54) is 39.0 Å². The molecule has 0 unspecified atom stereocenters. The quantitative estimate of drug-likeness (QED) is 0.571. The molecule has 0 spiro atoms. The molecule has 1 aromatic carbocycles. The third-order valence-corrected chi connectivity index (χ3v) is 6.51. The molecule has 0 aliphatic carbocycles. The van der Waals surface area contributed by atoms with Crippen molar-refractivity contribution in [1.29, 1.82) is 0 Å². The van der Waals surface area contributed by atoms with Crippen LogP contribution in [-0.2, 0) is 19.2 Å². The number of halogens is 1. The van der Waals surface area contributed by atoms with Crippen LogP contribution in [0.4, 0.5) is 4.39 Å². The van der Waals surface area contributed by atoms with Gasteiger partial charge in [0, 0.05) is 47.1 Å². The Balaban J connectivity index is 1.98. The van der Waals surface area contributed by atoms with Crippen molar-refractivity contribution in [2.24, 2.45) is 0 Å². The fourth-order valence-corrected chi connectivity index (χ4v) is 4.59. The molecule has 1 fully saturated rings. The summed E-state index contributed by atoms with van der Waals surface area (Å²) < 4.78 is 20.1. The lowest BCUT2D eigenvalue weighted by molar-refractivity contribution is -0.140. The predicted molar refractivity (Wildman–Crippen MR) is 126 cm³/mol. The summed E-state index contributed by atoms with van der Waals surface area (Å²) in [6.07, 6.45) is 0.317. The largest absolute Gasteiger partial charge is 0.491 e. The van der Waals surface area contributed by atoms with Gasteiger partial charge in [-0.1, -0.05) is 0 Å². The molecule has 2 heterocycles. The number of fused-ring (bicyclic) bond motifs is 2. The average Bonchev–Trinajstić information content (AvgIpc) is 3.23. The van der Waals surface area contributed by atoms with E-state index in [4.69, 9.17) is 4.74 Å². The summed E-state index contributed by atoms with van der Waals surface area (Å²) in [5, 5.41) is 5.30. The van der Waals surface area contributed by atoms with Crippen molar-refractivity contribution < 1.29 is 33.1 Å². The third kappa shape index (κ3) is 6.10. The molecule has 1 saturated heterocycles. The minimum atomic E-state index is -1.00. The maximum Gasteiger partial charge on any atom is 0.258 e. The second-order valence-electron chi connectivity index (χ2n) is 9.12. The van der Waals surface area contributed by atoms with Crippen molar-refractivity contribution in [3.8, 4) is 5.75 Å². The Labute approximate surface area is 208 Å². The fourth-order valence-electron chi connectivity index (χ4n) is 4.59. The van der Waals surface area contributed by atoms with E-state index < -0.39 is 29.7 Å².